The standard InChI is InChI=1S/C33H47N3O5/c1-6-9-13-20-34(18-7-2)31(40)28-33-23-24(4)32(5,41-33)26(27(33)30(39)36(28)21-14-15-22-37)29(38)35(19-8-3)25-16-11-10-12-17-25/h7-8,10-12,16-17,24,26-28,37H,2-3,6,9,13-15,18-23H2,1,4-5H3/t24?,26-,27+,28?,32+,33?/m1/s1. The van der Waals surface area contributed by atoms with Crippen molar-refractivity contribution < 1.29 is 24.2 Å². The van der Waals surface area contributed by atoms with Crippen LogP contribution < -0.4 is 4.90 Å². The maximum Gasteiger partial charge on any atom is 0.248 e. The molecular weight excluding hydrogens is 518 g/mol. The van der Waals surface area contributed by atoms with Gasteiger partial charge >= 0.3 is 0 Å². The molecule has 3 aliphatic rings. The number of hydrogen-bond acceptors (Lipinski definition) is 5. The number of benzene rings is 1. The van der Waals surface area contributed by atoms with Crippen molar-refractivity contribution in [3.8, 4) is 0 Å². The van der Waals surface area contributed by atoms with Gasteiger partial charge in [-0.25, -0.2) is 0 Å². The van der Waals surface area contributed by atoms with Gasteiger partial charge < -0.3 is 24.5 Å². The third kappa shape index (κ3) is 5.37. The second-order valence-electron chi connectivity index (χ2n) is 12.0. The minimum atomic E-state index is -1.09. The van der Waals surface area contributed by atoms with Crippen molar-refractivity contribution in [3.05, 3.63) is 55.6 Å². The molecule has 1 N–H and O–H groups in total. The van der Waals surface area contributed by atoms with E-state index >= 15 is 0 Å². The Balaban J connectivity index is 1.78. The second kappa shape index (κ2) is 12.9. The van der Waals surface area contributed by atoms with Gasteiger partial charge in [0, 0.05) is 38.5 Å². The molecule has 1 aromatic carbocycles. The highest BCUT2D eigenvalue weighted by molar-refractivity contribution is 6.03. The summed E-state index contributed by atoms with van der Waals surface area (Å²) in [6, 6.07) is 8.59. The molecule has 1 aromatic rings. The van der Waals surface area contributed by atoms with Gasteiger partial charge in [-0.15, -0.1) is 13.2 Å². The third-order valence-corrected chi connectivity index (χ3v) is 9.46. The molecule has 8 nitrogen and oxygen atoms in total. The zero-order valence-electron chi connectivity index (χ0n) is 25.0. The summed E-state index contributed by atoms with van der Waals surface area (Å²) in [5.74, 6) is -2.07. The number of carbonyl (C=O) groups is 3. The zero-order valence-corrected chi connectivity index (χ0v) is 25.0. The number of aliphatic hydroxyl groups is 1. The summed E-state index contributed by atoms with van der Waals surface area (Å²) < 4.78 is 6.92. The summed E-state index contributed by atoms with van der Waals surface area (Å²) in [7, 11) is 0. The summed E-state index contributed by atoms with van der Waals surface area (Å²) in [6.45, 7) is 15.5. The lowest BCUT2D eigenvalue weighted by atomic mass is 9.62. The van der Waals surface area contributed by atoms with Crippen molar-refractivity contribution in [2.45, 2.75) is 76.5 Å². The lowest BCUT2D eigenvalue weighted by Gasteiger charge is -2.39. The van der Waals surface area contributed by atoms with Crippen LogP contribution in [-0.2, 0) is 19.1 Å². The van der Waals surface area contributed by atoms with E-state index in [4.69, 9.17) is 4.74 Å². The summed E-state index contributed by atoms with van der Waals surface area (Å²) in [6.07, 6.45) is 7.91. The van der Waals surface area contributed by atoms with Crippen LogP contribution >= 0.6 is 0 Å². The Labute approximate surface area is 245 Å². The van der Waals surface area contributed by atoms with Crippen molar-refractivity contribution in [1.82, 2.24) is 9.80 Å². The summed E-state index contributed by atoms with van der Waals surface area (Å²) in [5, 5.41) is 9.46. The molecule has 0 aromatic heterocycles. The molecule has 41 heavy (non-hydrogen) atoms. The zero-order chi connectivity index (χ0) is 29.8. The minimum Gasteiger partial charge on any atom is -0.396 e. The number of unbranched alkanes of at least 4 members (excludes halogenated alkanes) is 3. The number of nitrogens with zero attached hydrogens (tertiary/aromatic N) is 3. The maximum atomic E-state index is 14.5. The first kappa shape index (κ1) is 31.0. The molecule has 3 heterocycles. The van der Waals surface area contributed by atoms with E-state index in [1.807, 2.05) is 37.3 Å². The van der Waals surface area contributed by atoms with Gasteiger partial charge in [0.1, 0.15) is 11.6 Å². The molecule has 3 amide bonds. The molecule has 8 heteroatoms. The lowest BCUT2D eigenvalue weighted by Crippen LogP contribution is -2.57. The average molecular weight is 566 g/mol. The molecule has 3 fully saturated rings. The van der Waals surface area contributed by atoms with Crippen molar-refractivity contribution >= 4 is 23.4 Å². The number of carbonyl (C=O) groups excluding carboxylic acids is 3. The number of ether oxygens (including phenoxy) is 1. The fraction of sp³-hybridized carbons (Fsp3) is 0.606. The molecule has 0 radical (unpaired) electrons. The first-order chi connectivity index (χ1) is 19.7. The number of aliphatic hydroxyl groups excluding tert-OH is 1. The van der Waals surface area contributed by atoms with E-state index in [1.165, 1.54) is 0 Å². The Hall–Kier alpha value is -2.97. The number of amides is 3. The number of rotatable bonds is 15. The van der Waals surface area contributed by atoms with E-state index in [0.717, 1.165) is 24.9 Å². The smallest absolute Gasteiger partial charge is 0.248 e. The molecule has 2 bridgehead atoms. The molecule has 224 valence electrons. The maximum absolute atomic E-state index is 14.5. The predicted molar refractivity (Wildman–Crippen MR) is 160 cm³/mol. The van der Waals surface area contributed by atoms with Crippen LogP contribution in [0.25, 0.3) is 0 Å². The Kier molecular flexibility index (Phi) is 9.75. The topological polar surface area (TPSA) is 90.4 Å². The van der Waals surface area contributed by atoms with Crippen LogP contribution in [-0.4, -0.2) is 82.7 Å². The van der Waals surface area contributed by atoms with Gasteiger partial charge in [0.25, 0.3) is 0 Å². The van der Waals surface area contributed by atoms with Gasteiger partial charge in [-0.1, -0.05) is 57.0 Å². The minimum absolute atomic E-state index is 0.00905. The van der Waals surface area contributed by atoms with E-state index in [9.17, 15) is 19.5 Å². The molecular formula is C33H47N3O5. The number of fused-ring (bicyclic) bond motifs is 1. The fourth-order valence-corrected chi connectivity index (χ4v) is 7.43. The van der Waals surface area contributed by atoms with Gasteiger partial charge in [-0.3, -0.25) is 14.4 Å². The van der Waals surface area contributed by atoms with Crippen LogP contribution in [0.1, 0.15) is 59.3 Å². The average Bonchev–Trinajstić information content (AvgIpc) is 3.47. The van der Waals surface area contributed by atoms with Crippen molar-refractivity contribution in [1.29, 1.82) is 0 Å². The number of anilines is 1. The van der Waals surface area contributed by atoms with Crippen LogP contribution in [0.3, 0.4) is 0 Å². The normalized spacial score (nSPS) is 29.9. The van der Waals surface area contributed by atoms with E-state index < -0.39 is 29.1 Å². The van der Waals surface area contributed by atoms with Crippen molar-refractivity contribution in [3.63, 3.8) is 0 Å². The summed E-state index contributed by atoms with van der Waals surface area (Å²) in [5.41, 5.74) is -1.26. The monoisotopic (exact) mass is 565 g/mol. The highest BCUT2D eigenvalue weighted by atomic mass is 16.5. The fourth-order valence-electron chi connectivity index (χ4n) is 7.43. The molecule has 0 saturated carbocycles. The molecule has 4 rings (SSSR count). The SMILES string of the molecule is C=CCN(CCCCC)C(=O)C1N(CCCCO)C(=O)[C@@H]2[C@H](C(=O)N(CC=C)c3ccccc3)[C@@]3(C)OC12CC3C. The van der Waals surface area contributed by atoms with E-state index in [1.54, 1.807) is 26.9 Å². The van der Waals surface area contributed by atoms with Crippen LogP contribution in [0, 0.1) is 17.8 Å². The van der Waals surface area contributed by atoms with Gasteiger partial charge in [0.2, 0.25) is 17.7 Å². The molecule has 0 aliphatic carbocycles. The van der Waals surface area contributed by atoms with Gasteiger partial charge in [-0.05, 0) is 50.7 Å². The van der Waals surface area contributed by atoms with Gasteiger partial charge in [0.15, 0.2) is 0 Å². The van der Waals surface area contributed by atoms with Crippen molar-refractivity contribution in [2.24, 2.45) is 17.8 Å². The van der Waals surface area contributed by atoms with E-state index in [2.05, 4.69) is 27.0 Å². The highest BCUT2D eigenvalue weighted by Gasteiger charge is 2.80. The second-order valence-corrected chi connectivity index (χ2v) is 12.0. The van der Waals surface area contributed by atoms with Gasteiger partial charge in [0.05, 0.1) is 17.4 Å². The summed E-state index contributed by atoms with van der Waals surface area (Å²) in [4.78, 5) is 48.5. The van der Waals surface area contributed by atoms with E-state index in [0.29, 0.717) is 45.4 Å². The number of likely N-dealkylation sites (tertiary alicyclic amines) is 1. The number of para-hydroxylation sites is 1. The van der Waals surface area contributed by atoms with E-state index in [-0.39, 0.29) is 30.2 Å². The Bertz CT molecular complexity index is 1130. The van der Waals surface area contributed by atoms with Crippen LogP contribution in [0.2, 0.25) is 0 Å². The van der Waals surface area contributed by atoms with Crippen LogP contribution in [0.5, 0.6) is 0 Å². The number of hydrogen-bond donors (Lipinski definition) is 1. The molecule has 6 atom stereocenters. The molecule has 3 aliphatic heterocycles. The van der Waals surface area contributed by atoms with Gasteiger partial charge in [-0.2, -0.15) is 0 Å². The predicted octanol–water partition coefficient (Wildman–Crippen LogP) is 4.19. The summed E-state index contributed by atoms with van der Waals surface area (Å²) >= 11 is 0. The molecule has 1 spiro atoms. The van der Waals surface area contributed by atoms with Crippen LogP contribution in [0.15, 0.2) is 55.6 Å². The first-order valence-corrected chi connectivity index (χ1v) is 15.2. The van der Waals surface area contributed by atoms with Crippen LogP contribution in [0.4, 0.5) is 5.69 Å². The quantitative estimate of drug-likeness (QED) is 0.254. The Morgan fingerprint density at radius 1 is 1.10 bits per heavy atom. The first-order valence-electron chi connectivity index (χ1n) is 15.2. The Morgan fingerprint density at radius 2 is 1.80 bits per heavy atom. The Morgan fingerprint density at radius 3 is 2.44 bits per heavy atom. The van der Waals surface area contributed by atoms with Crippen molar-refractivity contribution in [2.75, 3.05) is 37.7 Å². The molecule has 3 unspecified atom stereocenters. The highest BCUT2D eigenvalue weighted by Crippen LogP contribution is 2.65. The lowest BCUT2D eigenvalue weighted by molar-refractivity contribution is -0.152. The largest absolute Gasteiger partial charge is 0.396 e. The third-order valence-electron chi connectivity index (χ3n) is 9.46. The molecule has 3 saturated heterocycles.